The average molecular weight is 350 g/mol. The minimum atomic E-state index is -4.10. The van der Waals surface area contributed by atoms with E-state index < -0.39 is 21.6 Å². The molecule has 24 heavy (non-hydrogen) atoms. The Morgan fingerprint density at radius 3 is 2.54 bits per heavy atom. The van der Waals surface area contributed by atoms with Crippen LogP contribution < -0.4 is 10.3 Å². The summed E-state index contributed by atoms with van der Waals surface area (Å²) in [5.74, 6) is -1.22. The third-order valence-electron chi connectivity index (χ3n) is 3.70. The quantitative estimate of drug-likeness (QED) is 0.855. The van der Waals surface area contributed by atoms with Gasteiger partial charge in [-0.3, -0.25) is 9.52 Å². The fraction of sp³-hybridized carbons (Fsp3) is 0.250. The van der Waals surface area contributed by atoms with E-state index in [1.807, 2.05) is 0 Å². The molecule has 7 nitrogen and oxygen atoms in total. The third-order valence-corrected chi connectivity index (χ3v) is 5.13. The molecular formula is C16H18N2O5S. The first kappa shape index (κ1) is 17.7. The molecule has 0 aliphatic carbocycles. The van der Waals surface area contributed by atoms with Crippen LogP contribution in [0.1, 0.15) is 28.4 Å². The Kier molecular flexibility index (Phi) is 4.79. The Morgan fingerprint density at radius 2 is 1.96 bits per heavy atom. The highest BCUT2D eigenvalue weighted by molar-refractivity contribution is 7.92. The second-order valence-corrected chi connectivity index (χ2v) is 7.03. The molecule has 1 heterocycles. The lowest BCUT2D eigenvalue weighted by Gasteiger charge is -2.14. The summed E-state index contributed by atoms with van der Waals surface area (Å²) in [6.07, 6.45) is 1.94. The zero-order valence-corrected chi connectivity index (χ0v) is 14.3. The Balaban J connectivity index is 2.60. The van der Waals surface area contributed by atoms with Crippen molar-refractivity contribution in [3.63, 3.8) is 0 Å². The van der Waals surface area contributed by atoms with Crippen LogP contribution in [0.25, 0.3) is 0 Å². The zero-order chi connectivity index (χ0) is 18.1. The van der Waals surface area contributed by atoms with Gasteiger partial charge in [-0.15, -0.1) is 0 Å². The van der Waals surface area contributed by atoms with Gasteiger partial charge in [0.25, 0.3) is 15.6 Å². The number of benzene rings is 1. The van der Waals surface area contributed by atoms with Crippen LogP contribution >= 0.6 is 0 Å². The van der Waals surface area contributed by atoms with Crippen molar-refractivity contribution in [2.75, 3.05) is 4.72 Å². The van der Waals surface area contributed by atoms with Gasteiger partial charge in [-0.05, 0) is 42.7 Å². The van der Waals surface area contributed by atoms with E-state index in [9.17, 15) is 18.0 Å². The van der Waals surface area contributed by atoms with Gasteiger partial charge in [0, 0.05) is 13.2 Å². The number of carboxylic acid groups (broad SMARTS) is 1. The molecule has 0 fully saturated rings. The van der Waals surface area contributed by atoms with E-state index in [-0.39, 0.29) is 16.1 Å². The maximum Gasteiger partial charge on any atom is 0.335 e. The Morgan fingerprint density at radius 1 is 1.29 bits per heavy atom. The largest absolute Gasteiger partial charge is 0.478 e. The van der Waals surface area contributed by atoms with Gasteiger partial charge in [-0.1, -0.05) is 13.0 Å². The number of aryl methyl sites for hydroxylation is 3. The first-order valence-corrected chi connectivity index (χ1v) is 8.71. The number of anilines is 1. The minimum Gasteiger partial charge on any atom is -0.478 e. The van der Waals surface area contributed by atoms with Gasteiger partial charge in [-0.2, -0.15) is 0 Å². The molecule has 128 valence electrons. The fourth-order valence-corrected chi connectivity index (χ4v) is 3.73. The van der Waals surface area contributed by atoms with Gasteiger partial charge in [0.15, 0.2) is 0 Å². The Labute approximate surface area is 139 Å². The third kappa shape index (κ3) is 3.33. The number of rotatable bonds is 5. The van der Waals surface area contributed by atoms with Crippen molar-refractivity contribution in [2.45, 2.75) is 25.2 Å². The van der Waals surface area contributed by atoms with E-state index in [0.717, 1.165) is 6.07 Å². The lowest BCUT2D eigenvalue weighted by molar-refractivity contribution is 0.0696. The molecule has 0 spiro atoms. The molecule has 0 saturated heterocycles. The number of carbonyl (C=O) groups is 1. The van der Waals surface area contributed by atoms with Crippen molar-refractivity contribution in [1.29, 1.82) is 0 Å². The van der Waals surface area contributed by atoms with E-state index >= 15 is 0 Å². The van der Waals surface area contributed by atoms with Crippen LogP contribution in [-0.4, -0.2) is 24.1 Å². The van der Waals surface area contributed by atoms with Crippen LogP contribution in [0.3, 0.4) is 0 Å². The van der Waals surface area contributed by atoms with Crippen LogP contribution in [0.4, 0.5) is 5.69 Å². The molecule has 1 aromatic heterocycles. The highest BCUT2D eigenvalue weighted by Gasteiger charge is 2.22. The van der Waals surface area contributed by atoms with E-state index in [1.54, 1.807) is 19.9 Å². The molecule has 2 rings (SSSR count). The monoisotopic (exact) mass is 350 g/mol. The van der Waals surface area contributed by atoms with Gasteiger partial charge >= 0.3 is 5.97 Å². The Bertz CT molecular complexity index is 961. The van der Waals surface area contributed by atoms with Crippen molar-refractivity contribution in [2.24, 2.45) is 7.05 Å². The van der Waals surface area contributed by atoms with Gasteiger partial charge in [0.1, 0.15) is 5.69 Å². The minimum absolute atomic E-state index is 0.0530. The molecule has 0 bridgehead atoms. The van der Waals surface area contributed by atoms with Crippen molar-refractivity contribution < 1.29 is 18.3 Å². The number of aromatic carboxylic acids is 1. The SMILES string of the molecule is CCc1ccc(C(=O)O)cc1S(=O)(=O)Nc1c(C)ccn(C)c1=O. The first-order chi connectivity index (χ1) is 11.2. The lowest BCUT2D eigenvalue weighted by Crippen LogP contribution is -2.25. The molecule has 2 N–H and O–H groups in total. The summed E-state index contributed by atoms with van der Waals surface area (Å²) in [7, 11) is -2.58. The highest BCUT2D eigenvalue weighted by atomic mass is 32.2. The topological polar surface area (TPSA) is 105 Å². The summed E-state index contributed by atoms with van der Waals surface area (Å²) < 4.78 is 29.0. The summed E-state index contributed by atoms with van der Waals surface area (Å²) >= 11 is 0. The predicted molar refractivity (Wildman–Crippen MR) is 90.0 cm³/mol. The van der Waals surface area contributed by atoms with Crippen molar-refractivity contribution in [1.82, 2.24) is 4.57 Å². The maximum atomic E-state index is 12.7. The number of sulfonamides is 1. The molecule has 1 aromatic carbocycles. The maximum absolute atomic E-state index is 12.7. The summed E-state index contributed by atoms with van der Waals surface area (Å²) in [5.41, 5.74) is 0.283. The smallest absolute Gasteiger partial charge is 0.335 e. The standard InChI is InChI=1S/C16H18N2O5S/c1-4-11-5-6-12(16(20)21)9-13(11)24(22,23)17-14-10(2)7-8-18(3)15(14)19/h5-9,17H,4H2,1-3H3,(H,20,21). The van der Waals surface area contributed by atoms with E-state index in [4.69, 9.17) is 5.11 Å². The molecule has 0 radical (unpaired) electrons. The van der Waals surface area contributed by atoms with E-state index in [1.165, 1.54) is 29.9 Å². The zero-order valence-electron chi connectivity index (χ0n) is 13.5. The van der Waals surface area contributed by atoms with Crippen LogP contribution in [0.2, 0.25) is 0 Å². The van der Waals surface area contributed by atoms with Crippen LogP contribution in [0.5, 0.6) is 0 Å². The highest BCUT2D eigenvalue weighted by Crippen LogP contribution is 2.22. The fourth-order valence-electron chi connectivity index (χ4n) is 2.26. The van der Waals surface area contributed by atoms with Crippen molar-refractivity contribution in [3.05, 3.63) is 57.5 Å². The molecule has 0 amide bonds. The lowest BCUT2D eigenvalue weighted by atomic mass is 10.1. The van der Waals surface area contributed by atoms with Gasteiger partial charge in [0.05, 0.1) is 10.5 Å². The Hall–Kier alpha value is -2.61. The van der Waals surface area contributed by atoms with Gasteiger partial charge in [0.2, 0.25) is 0 Å². The summed E-state index contributed by atoms with van der Waals surface area (Å²) in [5, 5.41) is 9.08. The number of pyridine rings is 1. The molecule has 0 aliphatic heterocycles. The average Bonchev–Trinajstić information content (AvgIpc) is 2.54. The number of hydrogen-bond donors (Lipinski definition) is 2. The van der Waals surface area contributed by atoms with Crippen molar-refractivity contribution in [3.8, 4) is 0 Å². The van der Waals surface area contributed by atoms with Gasteiger partial charge in [-0.25, -0.2) is 13.2 Å². The molecule has 2 aromatic rings. The van der Waals surface area contributed by atoms with Gasteiger partial charge < -0.3 is 9.67 Å². The van der Waals surface area contributed by atoms with Crippen molar-refractivity contribution >= 4 is 21.7 Å². The molecular weight excluding hydrogens is 332 g/mol. The summed E-state index contributed by atoms with van der Waals surface area (Å²) in [4.78, 5) is 23.1. The van der Waals surface area contributed by atoms with Crippen LogP contribution in [0, 0.1) is 6.92 Å². The molecule has 0 atom stereocenters. The first-order valence-electron chi connectivity index (χ1n) is 7.22. The predicted octanol–water partition coefficient (Wildman–Crippen LogP) is 1.76. The molecule has 0 unspecified atom stereocenters. The number of nitrogens with zero attached hydrogens (tertiary/aromatic N) is 1. The summed E-state index contributed by atoms with van der Waals surface area (Å²) in [6.45, 7) is 3.38. The second-order valence-electron chi connectivity index (χ2n) is 5.38. The number of nitrogens with one attached hydrogen (secondary N) is 1. The molecule has 0 saturated carbocycles. The number of aromatic nitrogens is 1. The number of carboxylic acids is 1. The van der Waals surface area contributed by atoms with E-state index in [0.29, 0.717) is 17.5 Å². The number of hydrogen-bond acceptors (Lipinski definition) is 4. The normalized spacial score (nSPS) is 11.3. The van der Waals surface area contributed by atoms with E-state index in [2.05, 4.69) is 4.72 Å². The van der Waals surface area contributed by atoms with Crippen LogP contribution in [-0.2, 0) is 23.5 Å². The molecule has 8 heteroatoms. The van der Waals surface area contributed by atoms with Crippen LogP contribution in [0.15, 0.2) is 40.2 Å². The summed E-state index contributed by atoms with van der Waals surface area (Å²) in [6, 6.07) is 5.54. The second kappa shape index (κ2) is 6.48. The molecule has 0 aliphatic rings.